The van der Waals surface area contributed by atoms with Crippen LogP contribution in [0.2, 0.25) is 0 Å². The van der Waals surface area contributed by atoms with E-state index >= 15 is 0 Å². The number of ketones is 1. The average Bonchev–Trinajstić information content (AvgIpc) is 3.07. The van der Waals surface area contributed by atoms with Crippen molar-refractivity contribution in [2.75, 3.05) is 16.8 Å². The summed E-state index contributed by atoms with van der Waals surface area (Å²) in [6, 6.07) is 34.8. The summed E-state index contributed by atoms with van der Waals surface area (Å²) in [5.74, 6) is -0.381. The molecule has 0 aromatic heterocycles. The number of para-hydroxylation sites is 1. The topological polar surface area (TPSA) is 58.6 Å². The van der Waals surface area contributed by atoms with Crippen LogP contribution >= 0.6 is 11.8 Å². The van der Waals surface area contributed by atoms with Crippen molar-refractivity contribution in [3.8, 4) is 5.75 Å². The van der Waals surface area contributed by atoms with E-state index in [2.05, 4.69) is 5.32 Å². The van der Waals surface area contributed by atoms with Crippen molar-refractivity contribution in [2.24, 2.45) is 0 Å². The average molecular weight is 505 g/mol. The number of nitrogens with zero attached hydrogens (tertiary/aromatic N) is 1. The van der Waals surface area contributed by atoms with E-state index in [1.807, 2.05) is 116 Å². The van der Waals surface area contributed by atoms with E-state index in [9.17, 15) is 9.59 Å². The first-order valence-corrected chi connectivity index (χ1v) is 13.0. The summed E-state index contributed by atoms with van der Waals surface area (Å²) >= 11 is 1.50. The number of carbonyl (C=O) groups is 2. The largest absolute Gasteiger partial charge is 0.494 e. The first-order valence-electron chi connectivity index (χ1n) is 12.2. The van der Waals surface area contributed by atoms with Crippen molar-refractivity contribution in [1.29, 1.82) is 0 Å². The maximum Gasteiger partial charge on any atom is 0.300 e. The lowest BCUT2D eigenvalue weighted by Crippen LogP contribution is -2.42. The molecule has 2 aliphatic rings. The summed E-state index contributed by atoms with van der Waals surface area (Å²) in [6.45, 7) is 2.47. The number of anilines is 2. The molecule has 0 unspecified atom stereocenters. The van der Waals surface area contributed by atoms with E-state index in [1.54, 1.807) is 4.90 Å². The van der Waals surface area contributed by atoms with Crippen LogP contribution in [0, 0.1) is 0 Å². The van der Waals surface area contributed by atoms with Crippen LogP contribution in [0.1, 0.15) is 18.1 Å². The zero-order valence-corrected chi connectivity index (χ0v) is 21.0. The summed E-state index contributed by atoms with van der Waals surface area (Å²) in [7, 11) is 0. The van der Waals surface area contributed by atoms with Crippen LogP contribution in [0.4, 0.5) is 11.4 Å². The standard InChI is InChI=1S/C31H24N2O3S/c1-2-36-24-19-17-23(18-20-24)33-30(35)29(34)27-28(21-11-5-3-6-12-21)32-25-15-9-10-16-26(25)37-31(27,33)22-13-7-4-8-14-22/h3-20,32H,2H2,1H3/t31-/m1/s1. The summed E-state index contributed by atoms with van der Waals surface area (Å²) in [4.78, 5) is 29.4. The van der Waals surface area contributed by atoms with Crippen LogP contribution in [0.3, 0.4) is 0 Å². The van der Waals surface area contributed by atoms with Gasteiger partial charge in [-0.1, -0.05) is 84.6 Å². The molecule has 0 radical (unpaired) electrons. The monoisotopic (exact) mass is 504 g/mol. The molecule has 0 spiro atoms. The van der Waals surface area contributed by atoms with E-state index in [0.29, 0.717) is 29.3 Å². The highest BCUT2D eigenvalue weighted by Gasteiger charge is 2.59. The van der Waals surface area contributed by atoms with Gasteiger partial charge in [0.2, 0.25) is 0 Å². The lowest BCUT2D eigenvalue weighted by molar-refractivity contribution is -0.132. The first-order chi connectivity index (χ1) is 18.1. The molecule has 6 rings (SSSR count). The number of ether oxygens (including phenoxy) is 1. The number of thioether (sulfide) groups is 1. The van der Waals surface area contributed by atoms with Crippen molar-refractivity contribution in [3.05, 3.63) is 126 Å². The van der Waals surface area contributed by atoms with Gasteiger partial charge in [0.1, 0.15) is 5.75 Å². The first kappa shape index (κ1) is 23.1. The Morgan fingerprint density at radius 2 is 1.46 bits per heavy atom. The Hall–Kier alpha value is -4.29. The Kier molecular flexibility index (Phi) is 5.81. The number of rotatable bonds is 5. The Morgan fingerprint density at radius 3 is 2.16 bits per heavy atom. The SMILES string of the molecule is CCOc1ccc(N2C(=O)C(=O)C3=C(c4ccccc4)Nc4ccccc4S[C@]32c2ccccc2)cc1. The Morgan fingerprint density at radius 1 is 0.811 bits per heavy atom. The van der Waals surface area contributed by atoms with Gasteiger partial charge in [0, 0.05) is 10.6 Å². The fourth-order valence-corrected chi connectivity index (χ4v) is 6.51. The summed E-state index contributed by atoms with van der Waals surface area (Å²) in [5, 5.41) is 3.53. The van der Waals surface area contributed by atoms with Gasteiger partial charge in [-0.2, -0.15) is 0 Å². The molecular formula is C31H24N2O3S. The molecule has 0 bridgehead atoms. The summed E-state index contributed by atoms with van der Waals surface area (Å²) < 4.78 is 5.63. The maximum absolute atomic E-state index is 14.0. The minimum Gasteiger partial charge on any atom is -0.494 e. The van der Waals surface area contributed by atoms with Gasteiger partial charge >= 0.3 is 5.91 Å². The van der Waals surface area contributed by atoms with Crippen LogP contribution in [0.5, 0.6) is 5.75 Å². The number of fused-ring (bicyclic) bond motifs is 2. The highest BCUT2D eigenvalue weighted by molar-refractivity contribution is 8.01. The highest BCUT2D eigenvalue weighted by atomic mass is 32.2. The third kappa shape index (κ3) is 3.72. The minimum absolute atomic E-state index is 0.421. The lowest BCUT2D eigenvalue weighted by atomic mass is 9.93. The molecule has 4 aromatic rings. The van der Waals surface area contributed by atoms with Gasteiger partial charge in [0.05, 0.1) is 23.6 Å². The van der Waals surface area contributed by atoms with E-state index in [4.69, 9.17) is 4.74 Å². The van der Waals surface area contributed by atoms with Gasteiger partial charge < -0.3 is 10.1 Å². The number of benzene rings is 4. The quantitative estimate of drug-likeness (QED) is 0.315. The minimum atomic E-state index is -1.13. The normalized spacial score (nSPS) is 18.7. The van der Waals surface area contributed by atoms with Gasteiger partial charge in [-0.05, 0) is 54.4 Å². The molecule has 182 valence electrons. The predicted molar refractivity (Wildman–Crippen MR) is 148 cm³/mol. The Bertz CT molecular complexity index is 1520. The molecule has 0 saturated carbocycles. The lowest BCUT2D eigenvalue weighted by Gasteiger charge is -2.38. The van der Waals surface area contributed by atoms with Crippen LogP contribution in [-0.4, -0.2) is 18.3 Å². The van der Waals surface area contributed by atoms with Gasteiger partial charge in [0.25, 0.3) is 5.78 Å². The van der Waals surface area contributed by atoms with Gasteiger partial charge in [0.15, 0.2) is 4.87 Å². The third-order valence-electron chi connectivity index (χ3n) is 6.57. The molecular weight excluding hydrogens is 480 g/mol. The summed E-state index contributed by atoms with van der Waals surface area (Å²) in [5.41, 5.74) is 4.24. The van der Waals surface area contributed by atoms with Crippen molar-refractivity contribution in [3.63, 3.8) is 0 Å². The summed E-state index contributed by atoms with van der Waals surface area (Å²) in [6.07, 6.45) is 0. The van der Waals surface area contributed by atoms with Crippen LogP contribution in [0.25, 0.3) is 5.70 Å². The van der Waals surface area contributed by atoms with Crippen LogP contribution < -0.4 is 15.0 Å². The molecule has 5 nitrogen and oxygen atoms in total. The smallest absolute Gasteiger partial charge is 0.300 e. The number of hydrogen-bond acceptors (Lipinski definition) is 5. The van der Waals surface area contributed by atoms with Crippen molar-refractivity contribution >= 4 is 40.5 Å². The molecule has 0 aliphatic carbocycles. The van der Waals surface area contributed by atoms with E-state index in [-0.39, 0.29) is 0 Å². The van der Waals surface area contributed by atoms with E-state index in [1.165, 1.54) is 11.8 Å². The zero-order valence-electron chi connectivity index (χ0n) is 20.2. The molecule has 1 amide bonds. The predicted octanol–water partition coefficient (Wildman–Crippen LogP) is 6.48. The third-order valence-corrected chi connectivity index (χ3v) is 8.06. The second-order valence-corrected chi connectivity index (χ2v) is 9.98. The zero-order chi connectivity index (χ0) is 25.4. The number of Topliss-reactive ketones (excluding diaryl/α,β-unsaturated/α-hetero) is 1. The van der Waals surface area contributed by atoms with Crippen LogP contribution in [0.15, 0.2) is 120 Å². The highest BCUT2D eigenvalue weighted by Crippen LogP contribution is 2.59. The second-order valence-electron chi connectivity index (χ2n) is 8.75. The number of carbonyl (C=O) groups excluding carboxylic acids is 2. The molecule has 37 heavy (non-hydrogen) atoms. The van der Waals surface area contributed by atoms with Crippen LogP contribution in [-0.2, 0) is 14.5 Å². The maximum atomic E-state index is 14.0. The van der Waals surface area contributed by atoms with E-state index < -0.39 is 16.6 Å². The molecule has 1 N–H and O–H groups in total. The van der Waals surface area contributed by atoms with E-state index in [0.717, 1.165) is 21.7 Å². The number of nitrogens with one attached hydrogen (secondary N) is 1. The fraction of sp³-hybridized carbons (Fsp3) is 0.0968. The second kappa shape index (κ2) is 9.30. The molecule has 2 heterocycles. The fourth-order valence-electron chi connectivity index (χ4n) is 4.99. The Balaban J connectivity index is 1.69. The number of amides is 1. The van der Waals surface area contributed by atoms with Gasteiger partial charge in [-0.3, -0.25) is 14.5 Å². The van der Waals surface area contributed by atoms with Gasteiger partial charge in [-0.15, -0.1) is 0 Å². The Labute approximate surface area is 219 Å². The molecule has 1 saturated heterocycles. The van der Waals surface area contributed by atoms with Gasteiger partial charge in [-0.25, -0.2) is 0 Å². The molecule has 1 atom stereocenters. The van der Waals surface area contributed by atoms with Crippen molar-refractivity contribution < 1.29 is 14.3 Å². The molecule has 4 aromatic carbocycles. The van der Waals surface area contributed by atoms with Crippen molar-refractivity contribution in [2.45, 2.75) is 16.7 Å². The van der Waals surface area contributed by atoms with Crippen molar-refractivity contribution in [1.82, 2.24) is 0 Å². The molecule has 1 fully saturated rings. The number of hydrogen-bond donors (Lipinski definition) is 1. The molecule has 6 heteroatoms. The molecule has 2 aliphatic heterocycles.